The molecule has 0 heterocycles. The summed E-state index contributed by atoms with van der Waals surface area (Å²) < 4.78 is 33.2. The molecule has 7 heteroatoms. The molecule has 0 saturated heterocycles. The van der Waals surface area contributed by atoms with E-state index in [0.29, 0.717) is 17.0 Å². The Hall–Kier alpha value is -3.32. The monoisotopic (exact) mass is 396 g/mol. The summed E-state index contributed by atoms with van der Waals surface area (Å²) in [4.78, 5) is 12.6. The van der Waals surface area contributed by atoms with E-state index in [-0.39, 0.29) is 16.5 Å². The Morgan fingerprint density at radius 1 is 0.929 bits per heavy atom. The van der Waals surface area contributed by atoms with Crippen molar-refractivity contribution in [3.63, 3.8) is 0 Å². The van der Waals surface area contributed by atoms with Crippen LogP contribution in [0, 0.1) is 6.92 Å². The molecule has 6 nitrogen and oxygen atoms in total. The van der Waals surface area contributed by atoms with Gasteiger partial charge in [-0.1, -0.05) is 36.4 Å². The summed E-state index contributed by atoms with van der Waals surface area (Å²) >= 11 is 0. The van der Waals surface area contributed by atoms with Crippen molar-refractivity contribution in [2.75, 3.05) is 17.1 Å². The van der Waals surface area contributed by atoms with Crippen molar-refractivity contribution >= 4 is 27.3 Å². The smallest absolute Gasteiger partial charge is 0.261 e. The summed E-state index contributed by atoms with van der Waals surface area (Å²) in [5.74, 6) is 0.0163. The fourth-order valence-corrected chi connectivity index (χ4v) is 3.77. The van der Waals surface area contributed by atoms with Crippen LogP contribution in [0.4, 0.5) is 11.4 Å². The molecule has 3 rings (SSSR count). The summed E-state index contributed by atoms with van der Waals surface area (Å²) in [6, 6.07) is 20.0. The molecule has 0 spiro atoms. The molecule has 0 aliphatic rings. The van der Waals surface area contributed by atoms with Crippen LogP contribution < -0.4 is 14.8 Å². The lowest BCUT2D eigenvalue weighted by Gasteiger charge is -2.14. The topological polar surface area (TPSA) is 84.5 Å². The Kier molecular flexibility index (Phi) is 5.65. The number of amides is 1. The van der Waals surface area contributed by atoms with Crippen LogP contribution in [-0.2, 0) is 10.0 Å². The first-order chi connectivity index (χ1) is 13.4. The predicted molar refractivity (Wildman–Crippen MR) is 109 cm³/mol. The molecule has 0 atom stereocenters. The fourth-order valence-electron chi connectivity index (χ4n) is 2.69. The highest BCUT2D eigenvalue weighted by atomic mass is 32.2. The maximum Gasteiger partial charge on any atom is 0.261 e. The largest absolute Gasteiger partial charge is 0.495 e. The van der Waals surface area contributed by atoms with Gasteiger partial charge < -0.3 is 10.1 Å². The normalized spacial score (nSPS) is 10.9. The average molecular weight is 396 g/mol. The number of carbonyl (C=O) groups excluding carboxylic acids is 1. The molecular weight excluding hydrogens is 376 g/mol. The molecule has 3 aromatic carbocycles. The number of sulfonamides is 1. The summed E-state index contributed by atoms with van der Waals surface area (Å²) in [6.07, 6.45) is 0. The van der Waals surface area contributed by atoms with Gasteiger partial charge in [-0.2, -0.15) is 0 Å². The molecule has 0 radical (unpaired) electrons. The van der Waals surface area contributed by atoms with Crippen LogP contribution in [-0.4, -0.2) is 21.4 Å². The molecule has 0 aromatic heterocycles. The maximum absolute atomic E-state index is 12.7. The van der Waals surface area contributed by atoms with Crippen molar-refractivity contribution in [3.8, 4) is 5.75 Å². The summed E-state index contributed by atoms with van der Waals surface area (Å²) in [6.45, 7) is 1.83. The zero-order valence-electron chi connectivity index (χ0n) is 15.5. The van der Waals surface area contributed by atoms with Gasteiger partial charge in [-0.05, 0) is 48.9 Å². The number of para-hydroxylation sites is 1. The number of benzene rings is 3. The van der Waals surface area contributed by atoms with E-state index < -0.39 is 10.0 Å². The number of ether oxygens (including phenoxy) is 1. The van der Waals surface area contributed by atoms with E-state index in [1.54, 1.807) is 42.5 Å². The van der Waals surface area contributed by atoms with Gasteiger partial charge in [0, 0.05) is 11.3 Å². The van der Waals surface area contributed by atoms with Gasteiger partial charge in [0.1, 0.15) is 5.75 Å². The minimum atomic E-state index is -3.83. The molecule has 0 fully saturated rings. The quantitative estimate of drug-likeness (QED) is 0.658. The van der Waals surface area contributed by atoms with E-state index in [1.807, 2.05) is 19.1 Å². The second kappa shape index (κ2) is 8.14. The number of hydrogen-bond donors (Lipinski definition) is 2. The van der Waals surface area contributed by atoms with Crippen molar-refractivity contribution in [2.45, 2.75) is 11.8 Å². The van der Waals surface area contributed by atoms with Crippen LogP contribution in [0.3, 0.4) is 0 Å². The lowest BCUT2D eigenvalue weighted by molar-refractivity contribution is 0.102. The molecule has 3 aromatic rings. The van der Waals surface area contributed by atoms with Gasteiger partial charge in [0.05, 0.1) is 17.7 Å². The first kappa shape index (κ1) is 19.4. The van der Waals surface area contributed by atoms with Crippen LogP contribution in [0.2, 0.25) is 0 Å². The van der Waals surface area contributed by atoms with Gasteiger partial charge in [-0.25, -0.2) is 8.42 Å². The van der Waals surface area contributed by atoms with Crippen LogP contribution in [0.5, 0.6) is 5.75 Å². The molecule has 0 bridgehead atoms. The van der Waals surface area contributed by atoms with E-state index in [9.17, 15) is 13.2 Å². The third-order valence-electron chi connectivity index (χ3n) is 4.15. The Morgan fingerprint density at radius 2 is 1.61 bits per heavy atom. The number of aryl methyl sites for hydroxylation is 1. The molecular formula is C21H20N2O4S. The maximum atomic E-state index is 12.7. The Labute approximate surface area is 164 Å². The van der Waals surface area contributed by atoms with E-state index in [2.05, 4.69) is 10.0 Å². The van der Waals surface area contributed by atoms with Crippen molar-refractivity contribution in [2.24, 2.45) is 0 Å². The highest BCUT2D eigenvalue weighted by Gasteiger charge is 2.18. The zero-order valence-corrected chi connectivity index (χ0v) is 16.3. The van der Waals surface area contributed by atoms with Gasteiger partial charge in [0.15, 0.2) is 0 Å². The second-order valence-electron chi connectivity index (χ2n) is 6.10. The average Bonchev–Trinajstić information content (AvgIpc) is 2.68. The number of rotatable bonds is 6. The van der Waals surface area contributed by atoms with Crippen molar-refractivity contribution in [1.29, 1.82) is 0 Å². The highest BCUT2D eigenvalue weighted by molar-refractivity contribution is 7.92. The minimum absolute atomic E-state index is 0.0113. The third-order valence-corrected chi connectivity index (χ3v) is 5.52. The van der Waals surface area contributed by atoms with E-state index >= 15 is 0 Å². The highest BCUT2D eigenvalue weighted by Crippen LogP contribution is 2.29. The third kappa shape index (κ3) is 4.32. The van der Waals surface area contributed by atoms with Crippen LogP contribution in [0.1, 0.15) is 15.9 Å². The Balaban J connectivity index is 1.92. The van der Waals surface area contributed by atoms with Crippen molar-refractivity contribution in [1.82, 2.24) is 0 Å². The van der Waals surface area contributed by atoms with Gasteiger partial charge in [0.2, 0.25) is 0 Å². The van der Waals surface area contributed by atoms with Gasteiger partial charge >= 0.3 is 0 Å². The van der Waals surface area contributed by atoms with Crippen molar-refractivity contribution in [3.05, 3.63) is 83.9 Å². The van der Waals surface area contributed by atoms with Crippen LogP contribution >= 0.6 is 0 Å². The fraction of sp³-hybridized carbons (Fsp3) is 0.0952. The van der Waals surface area contributed by atoms with E-state index in [1.165, 1.54) is 25.3 Å². The molecule has 0 aliphatic carbocycles. The number of nitrogens with one attached hydrogen (secondary N) is 2. The summed E-state index contributed by atoms with van der Waals surface area (Å²) in [7, 11) is -2.37. The van der Waals surface area contributed by atoms with Crippen LogP contribution in [0.25, 0.3) is 0 Å². The Bertz CT molecular complexity index is 1100. The standard InChI is InChI=1S/C21H20N2O4S/c1-15-8-6-7-11-18(15)21(24)22-19-14-17(12-13-20(19)27-2)28(25,26)23-16-9-4-3-5-10-16/h3-14,23H,1-2H3,(H,22,24). The van der Waals surface area contributed by atoms with Crippen molar-refractivity contribution < 1.29 is 17.9 Å². The molecule has 0 saturated carbocycles. The Morgan fingerprint density at radius 3 is 2.29 bits per heavy atom. The van der Waals surface area contributed by atoms with Gasteiger partial charge in [0.25, 0.3) is 15.9 Å². The molecule has 144 valence electrons. The van der Waals surface area contributed by atoms with E-state index in [4.69, 9.17) is 4.74 Å². The lowest BCUT2D eigenvalue weighted by atomic mass is 10.1. The molecule has 0 unspecified atom stereocenters. The van der Waals surface area contributed by atoms with Gasteiger partial charge in [-0.15, -0.1) is 0 Å². The van der Waals surface area contributed by atoms with E-state index in [0.717, 1.165) is 5.56 Å². The first-order valence-corrected chi connectivity index (χ1v) is 10.0. The molecule has 0 aliphatic heterocycles. The zero-order chi connectivity index (χ0) is 20.1. The number of hydrogen-bond acceptors (Lipinski definition) is 4. The lowest BCUT2D eigenvalue weighted by Crippen LogP contribution is -2.16. The second-order valence-corrected chi connectivity index (χ2v) is 7.79. The number of methoxy groups -OCH3 is 1. The number of anilines is 2. The van der Waals surface area contributed by atoms with Crippen LogP contribution in [0.15, 0.2) is 77.7 Å². The predicted octanol–water partition coefficient (Wildman–Crippen LogP) is 4.06. The minimum Gasteiger partial charge on any atom is -0.495 e. The SMILES string of the molecule is COc1ccc(S(=O)(=O)Nc2ccccc2)cc1NC(=O)c1ccccc1C. The molecule has 28 heavy (non-hydrogen) atoms. The summed E-state index contributed by atoms with van der Waals surface area (Å²) in [5, 5.41) is 2.74. The molecule has 1 amide bonds. The molecule has 2 N–H and O–H groups in total. The number of carbonyl (C=O) groups is 1. The van der Waals surface area contributed by atoms with Gasteiger partial charge in [-0.3, -0.25) is 9.52 Å². The summed E-state index contributed by atoms with van der Waals surface area (Å²) in [5.41, 5.74) is 2.03. The first-order valence-electron chi connectivity index (χ1n) is 8.53.